The van der Waals surface area contributed by atoms with Crippen LogP contribution in [0.1, 0.15) is 16.2 Å². The normalized spacial score (nSPS) is 12.5. The van der Waals surface area contributed by atoms with E-state index in [0.29, 0.717) is 5.76 Å². The SMILES string of the molecule is Cc1ocnc1C(=O)NCC(O)CO. The summed E-state index contributed by atoms with van der Waals surface area (Å²) in [6.45, 7) is 1.21. The molecule has 6 nitrogen and oxygen atoms in total. The maximum absolute atomic E-state index is 11.3. The highest BCUT2D eigenvalue weighted by Crippen LogP contribution is 2.03. The minimum atomic E-state index is -0.953. The van der Waals surface area contributed by atoms with E-state index >= 15 is 0 Å². The van der Waals surface area contributed by atoms with Gasteiger partial charge in [0, 0.05) is 6.54 Å². The highest BCUT2D eigenvalue weighted by Gasteiger charge is 2.13. The van der Waals surface area contributed by atoms with Crippen LogP contribution in [0.25, 0.3) is 0 Å². The molecule has 1 atom stereocenters. The van der Waals surface area contributed by atoms with E-state index in [0.717, 1.165) is 0 Å². The van der Waals surface area contributed by atoms with Crippen molar-refractivity contribution in [1.29, 1.82) is 0 Å². The van der Waals surface area contributed by atoms with Crippen LogP contribution in [0.15, 0.2) is 10.8 Å². The van der Waals surface area contributed by atoms with E-state index in [2.05, 4.69) is 10.3 Å². The fourth-order valence-electron chi connectivity index (χ4n) is 0.882. The maximum Gasteiger partial charge on any atom is 0.273 e. The Morgan fingerprint density at radius 2 is 2.50 bits per heavy atom. The number of aliphatic hydroxyl groups excluding tert-OH is 2. The molecule has 0 bridgehead atoms. The van der Waals surface area contributed by atoms with Crippen molar-refractivity contribution in [2.24, 2.45) is 0 Å². The summed E-state index contributed by atoms with van der Waals surface area (Å²) in [6.07, 6.45) is 0.221. The molecule has 1 heterocycles. The molecule has 1 aromatic rings. The van der Waals surface area contributed by atoms with Crippen LogP contribution in [-0.2, 0) is 0 Å². The van der Waals surface area contributed by atoms with E-state index in [9.17, 15) is 4.79 Å². The minimum Gasteiger partial charge on any atom is -0.448 e. The van der Waals surface area contributed by atoms with E-state index in [1.165, 1.54) is 6.39 Å². The largest absolute Gasteiger partial charge is 0.448 e. The lowest BCUT2D eigenvalue weighted by molar-refractivity contribution is 0.0798. The maximum atomic E-state index is 11.3. The molecule has 3 N–H and O–H groups in total. The van der Waals surface area contributed by atoms with Crippen LogP contribution in [0.3, 0.4) is 0 Å². The summed E-state index contributed by atoms with van der Waals surface area (Å²) in [7, 11) is 0. The lowest BCUT2D eigenvalue weighted by atomic mass is 10.3. The van der Waals surface area contributed by atoms with Gasteiger partial charge < -0.3 is 19.9 Å². The van der Waals surface area contributed by atoms with E-state index in [-0.39, 0.29) is 12.2 Å². The van der Waals surface area contributed by atoms with Crippen molar-refractivity contribution in [3.05, 3.63) is 17.8 Å². The molecule has 1 amide bonds. The third kappa shape index (κ3) is 2.54. The Morgan fingerprint density at radius 3 is 3.00 bits per heavy atom. The molecule has 0 aliphatic heterocycles. The van der Waals surface area contributed by atoms with Crippen LogP contribution in [0.2, 0.25) is 0 Å². The third-order valence-electron chi connectivity index (χ3n) is 1.67. The van der Waals surface area contributed by atoms with E-state index < -0.39 is 18.6 Å². The Bertz CT molecular complexity index is 310. The summed E-state index contributed by atoms with van der Waals surface area (Å²) < 4.78 is 4.83. The van der Waals surface area contributed by atoms with Gasteiger partial charge in [-0.2, -0.15) is 0 Å². The van der Waals surface area contributed by atoms with Gasteiger partial charge in [-0.3, -0.25) is 4.79 Å². The number of amides is 1. The zero-order valence-corrected chi connectivity index (χ0v) is 7.73. The predicted molar refractivity (Wildman–Crippen MR) is 46.7 cm³/mol. The Kier molecular flexibility index (Phi) is 3.61. The van der Waals surface area contributed by atoms with Crippen LogP contribution >= 0.6 is 0 Å². The molecule has 1 aromatic heterocycles. The molecule has 1 rings (SSSR count). The number of oxazole rings is 1. The average Bonchev–Trinajstić information content (AvgIpc) is 2.60. The molecule has 0 fully saturated rings. The van der Waals surface area contributed by atoms with Crippen molar-refractivity contribution in [3.63, 3.8) is 0 Å². The monoisotopic (exact) mass is 200 g/mol. The number of hydrogen-bond acceptors (Lipinski definition) is 5. The fraction of sp³-hybridized carbons (Fsp3) is 0.500. The molecule has 78 valence electrons. The molecule has 0 spiro atoms. The van der Waals surface area contributed by atoms with Crippen molar-refractivity contribution in [2.45, 2.75) is 13.0 Å². The molecule has 0 radical (unpaired) electrons. The predicted octanol–water partition coefficient (Wildman–Crippen LogP) is -0.934. The zero-order valence-electron chi connectivity index (χ0n) is 7.73. The Morgan fingerprint density at radius 1 is 1.79 bits per heavy atom. The lowest BCUT2D eigenvalue weighted by Gasteiger charge is -2.07. The van der Waals surface area contributed by atoms with Crippen molar-refractivity contribution in [2.75, 3.05) is 13.2 Å². The molecule has 0 aromatic carbocycles. The van der Waals surface area contributed by atoms with Gasteiger partial charge in [0.1, 0.15) is 5.76 Å². The first-order valence-electron chi connectivity index (χ1n) is 4.12. The molecular formula is C8H12N2O4. The number of aromatic nitrogens is 1. The minimum absolute atomic E-state index is 0.0123. The topological polar surface area (TPSA) is 95.6 Å². The smallest absolute Gasteiger partial charge is 0.273 e. The number of aliphatic hydroxyl groups is 2. The molecular weight excluding hydrogens is 188 g/mol. The van der Waals surface area contributed by atoms with Gasteiger partial charge in [-0.25, -0.2) is 4.98 Å². The summed E-state index contributed by atoms with van der Waals surface area (Å²) in [6, 6.07) is 0. The number of nitrogens with zero attached hydrogens (tertiary/aromatic N) is 1. The number of aryl methyl sites for hydroxylation is 1. The third-order valence-corrected chi connectivity index (χ3v) is 1.67. The number of rotatable bonds is 4. The Balaban J connectivity index is 2.47. The number of carbonyl (C=O) groups excluding carboxylic acids is 1. The second-order valence-electron chi connectivity index (χ2n) is 2.80. The van der Waals surface area contributed by atoms with Gasteiger partial charge in [0.05, 0.1) is 12.7 Å². The van der Waals surface area contributed by atoms with Gasteiger partial charge in [0.15, 0.2) is 12.1 Å². The van der Waals surface area contributed by atoms with Crippen molar-refractivity contribution in [1.82, 2.24) is 10.3 Å². The van der Waals surface area contributed by atoms with Crippen LogP contribution < -0.4 is 5.32 Å². The summed E-state index contributed by atoms with van der Waals surface area (Å²) in [5, 5.41) is 19.9. The molecule has 0 aliphatic carbocycles. The van der Waals surface area contributed by atoms with Gasteiger partial charge in [-0.05, 0) is 6.92 Å². The van der Waals surface area contributed by atoms with E-state index in [1.807, 2.05) is 0 Å². The number of carbonyl (C=O) groups is 1. The first-order valence-corrected chi connectivity index (χ1v) is 4.12. The average molecular weight is 200 g/mol. The van der Waals surface area contributed by atoms with Crippen LogP contribution in [0.5, 0.6) is 0 Å². The van der Waals surface area contributed by atoms with E-state index in [4.69, 9.17) is 14.6 Å². The van der Waals surface area contributed by atoms with E-state index in [1.54, 1.807) is 6.92 Å². The molecule has 0 saturated carbocycles. The second kappa shape index (κ2) is 4.73. The summed E-state index contributed by atoms with van der Waals surface area (Å²) in [5.41, 5.74) is 0.190. The van der Waals surface area contributed by atoms with Gasteiger partial charge >= 0.3 is 0 Å². The van der Waals surface area contributed by atoms with Gasteiger partial charge in [-0.1, -0.05) is 0 Å². The van der Waals surface area contributed by atoms with Crippen LogP contribution in [0.4, 0.5) is 0 Å². The van der Waals surface area contributed by atoms with Gasteiger partial charge in [-0.15, -0.1) is 0 Å². The molecule has 14 heavy (non-hydrogen) atoms. The van der Waals surface area contributed by atoms with Gasteiger partial charge in [0.25, 0.3) is 5.91 Å². The fourth-order valence-corrected chi connectivity index (χ4v) is 0.882. The van der Waals surface area contributed by atoms with Crippen LogP contribution in [-0.4, -0.2) is 40.4 Å². The quantitative estimate of drug-likeness (QED) is 0.583. The molecule has 0 saturated heterocycles. The van der Waals surface area contributed by atoms with Crippen molar-refractivity contribution < 1.29 is 19.4 Å². The molecule has 1 unspecified atom stereocenters. The summed E-state index contributed by atoms with van der Waals surface area (Å²) in [5.74, 6) is -0.00950. The molecule has 0 aliphatic rings. The Hall–Kier alpha value is -1.40. The first-order chi connectivity index (χ1) is 6.65. The summed E-state index contributed by atoms with van der Waals surface area (Å²) in [4.78, 5) is 15.0. The first kappa shape index (κ1) is 10.7. The molecule has 6 heteroatoms. The Labute approximate surface area is 80.6 Å². The standard InChI is InChI=1S/C8H12N2O4/c1-5-7(10-4-14-5)8(13)9-2-6(12)3-11/h4,6,11-12H,2-3H2,1H3,(H,9,13). The van der Waals surface area contributed by atoms with Crippen molar-refractivity contribution >= 4 is 5.91 Å². The van der Waals surface area contributed by atoms with Crippen LogP contribution in [0, 0.1) is 6.92 Å². The second-order valence-corrected chi connectivity index (χ2v) is 2.80. The van der Waals surface area contributed by atoms with Crippen molar-refractivity contribution in [3.8, 4) is 0 Å². The zero-order chi connectivity index (χ0) is 10.6. The lowest BCUT2D eigenvalue weighted by Crippen LogP contribution is -2.34. The number of hydrogen-bond donors (Lipinski definition) is 3. The number of nitrogens with one attached hydrogen (secondary N) is 1. The van der Waals surface area contributed by atoms with Gasteiger partial charge in [0.2, 0.25) is 0 Å². The highest BCUT2D eigenvalue weighted by molar-refractivity contribution is 5.93. The summed E-state index contributed by atoms with van der Waals surface area (Å²) >= 11 is 0. The highest BCUT2D eigenvalue weighted by atomic mass is 16.3.